The van der Waals surface area contributed by atoms with E-state index in [1.165, 1.54) is 6.07 Å². The van der Waals surface area contributed by atoms with Crippen molar-refractivity contribution in [2.75, 3.05) is 24.5 Å². The summed E-state index contributed by atoms with van der Waals surface area (Å²) in [5.41, 5.74) is -0.481. The van der Waals surface area contributed by atoms with Crippen LogP contribution in [-0.4, -0.2) is 75.1 Å². The molecule has 172 valence electrons. The van der Waals surface area contributed by atoms with E-state index in [-0.39, 0.29) is 18.7 Å². The molecule has 5 N–H and O–H groups in total. The SMILES string of the molecule is NS(=O)(=O)c1c(S(=O)(=O)N[C@@H]2CCNC2)ccc(N2CCCC(=O)C2=O)c1-[n+]1nnn[nH]1. The molecule has 2 saturated heterocycles. The molecule has 0 unspecified atom stereocenters. The van der Waals surface area contributed by atoms with Crippen molar-refractivity contribution in [1.29, 1.82) is 0 Å². The molecule has 1 aromatic carbocycles. The van der Waals surface area contributed by atoms with Crippen LogP contribution in [0.5, 0.6) is 0 Å². The van der Waals surface area contributed by atoms with Gasteiger partial charge in [-0.3, -0.25) is 9.59 Å². The number of sulfonamides is 2. The van der Waals surface area contributed by atoms with Crippen molar-refractivity contribution in [1.82, 2.24) is 30.9 Å². The van der Waals surface area contributed by atoms with Gasteiger partial charge >= 0.3 is 0 Å². The third kappa shape index (κ3) is 4.11. The molecule has 2 aliphatic heterocycles. The molecule has 4 rings (SSSR count). The number of anilines is 1. The van der Waals surface area contributed by atoms with Crippen molar-refractivity contribution in [3.05, 3.63) is 12.1 Å². The molecule has 0 saturated carbocycles. The first-order valence-corrected chi connectivity index (χ1v) is 12.6. The molecule has 1 amide bonds. The quantitative estimate of drug-likeness (QED) is 0.233. The Hall–Kier alpha value is -2.86. The average Bonchev–Trinajstić information content (AvgIpc) is 3.42. The maximum Gasteiger partial charge on any atom is 0.294 e. The molecule has 2 aromatic rings. The highest BCUT2D eigenvalue weighted by atomic mass is 32.2. The molecular formula is C15H20N9O6S2+. The summed E-state index contributed by atoms with van der Waals surface area (Å²) in [6.07, 6.45) is 0.903. The Morgan fingerprint density at radius 2 is 2.00 bits per heavy atom. The molecule has 3 heterocycles. The summed E-state index contributed by atoms with van der Waals surface area (Å²) in [6.45, 7) is 1.08. The van der Waals surface area contributed by atoms with Crippen LogP contribution in [-0.2, 0) is 29.6 Å². The molecule has 15 nitrogen and oxygen atoms in total. The van der Waals surface area contributed by atoms with Gasteiger partial charge in [0, 0.05) is 25.6 Å². The second-order valence-electron chi connectivity index (χ2n) is 7.29. The van der Waals surface area contributed by atoms with Crippen molar-refractivity contribution < 1.29 is 31.2 Å². The van der Waals surface area contributed by atoms with Crippen LogP contribution in [0.1, 0.15) is 19.3 Å². The van der Waals surface area contributed by atoms with E-state index in [0.717, 1.165) is 15.8 Å². The number of nitrogens with two attached hydrogens (primary N) is 1. The van der Waals surface area contributed by atoms with E-state index in [2.05, 4.69) is 30.9 Å². The van der Waals surface area contributed by atoms with Crippen LogP contribution in [0.2, 0.25) is 0 Å². The minimum atomic E-state index is -4.69. The number of aromatic nitrogens is 5. The number of benzene rings is 1. The van der Waals surface area contributed by atoms with Gasteiger partial charge in [0.1, 0.15) is 15.0 Å². The molecule has 32 heavy (non-hydrogen) atoms. The van der Waals surface area contributed by atoms with E-state index >= 15 is 0 Å². The lowest BCUT2D eigenvalue weighted by atomic mass is 10.1. The number of hydrogen-bond acceptors (Lipinski definition) is 10. The lowest BCUT2D eigenvalue weighted by molar-refractivity contribution is -0.721. The van der Waals surface area contributed by atoms with Gasteiger partial charge in [-0.1, -0.05) is 0 Å². The topological polar surface area (TPSA) is 214 Å². The van der Waals surface area contributed by atoms with Crippen molar-refractivity contribution in [2.45, 2.75) is 35.1 Å². The Balaban J connectivity index is 1.97. The van der Waals surface area contributed by atoms with Gasteiger partial charge in [-0.05, 0) is 41.5 Å². The second-order valence-corrected chi connectivity index (χ2v) is 10.5. The number of Topliss-reactive ketones (excluding diaryl/α,β-unsaturated/α-hetero) is 1. The number of aromatic amines is 1. The highest BCUT2D eigenvalue weighted by Gasteiger charge is 2.38. The average molecular weight is 487 g/mol. The van der Waals surface area contributed by atoms with Crippen LogP contribution >= 0.6 is 0 Å². The maximum absolute atomic E-state index is 13.1. The van der Waals surface area contributed by atoms with Gasteiger partial charge in [0.15, 0.2) is 5.69 Å². The molecule has 1 atom stereocenters. The molecule has 0 radical (unpaired) electrons. The molecule has 0 spiro atoms. The standard InChI is InChI=1S/C15H19N9O6S2/c16-31(27,28)14-12(32(29,30)18-9-5-6-17-8-9)4-3-10(13(14)24-21-19-20-22-24)23-7-1-2-11(25)15(23)26/h3-4,9,17-18H,1-2,5-8H2,(H2,16,27,28)/p+1/t9-/m1/s1. The van der Waals surface area contributed by atoms with E-state index in [1.54, 1.807) is 0 Å². The minimum absolute atomic E-state index is 0.0511. The smallest absolute Gasteiger partial charge is 0.294 e. The fourth-order valence-corrected chi connectivity index (χ4v) is 6.55. The number of ketones is 1. The zero-order chi connectivity index (χ0) is 23.1. The van der Waals surface area contributed by atoms with Gasteiger partial charge in [-0.15, -0.1) is 0 Å². The number of H-pyrrole nitrogens is 1. The first kappa shape index (κ1) is 22.3. The van der Waals surface area contributed by atoms with Crippen LogP contribution in [0.15, 0.2) is 21.9 Å². The number of nitrogens with zero attached hydrogens (tertiary/aromatic N) is 5. The fraction of sp³-hybridized carbons (Fsp3) is 0.467. The van der Waals surface area contributed by atoms with Crippen LogP contribution in [0.4, 0.5) is 5.69 Å². The number of primary sulfonamides is 1. The zero-order valence-corrected chi connectivity index (χ0v) is 18.2. The van der Waals surface area contributed by atoms with Crippen LogP contribution < -0.4 is 24.9 Å². The van der Waals surface area contributed by atoms with Crippen molar-refractivity contribution in [3.8, 4) is 5.69 Å². The lowest BCUT2D eigenvalue weighted by Gasteiger charge is -2.27. The minimum Gasteiger partial charge on any atom is -0.315 e. The maximum atomic E-state index is 13.1. The van der Waals surface area contributed by atoms with E-state index < -0.39 is 53.3 Å². The van der Waals surface area contributed by atoms with E-state index in [0.29, 0.717) is 25.9 Å². The highest BCUT2D eigenvalue weighted by molar-refractivity contribution is 7.92. The number of carbonyl (C=O) groups excluding carboxylic acids is 2. The van der Waals surface area contributed by atoms with Crippen LogP contribution in [0.3, 0.4) is 0 Å². The van der Waals surface area contributed by atoms with Gasteiger partial charge in [0.25, 0.3) is 5.91 Å². The van der Waals surface area contributed by atoms with E-state index in [4.69, 9.17) is 5.14 Å². The van der Waals surface area contributed by atoms with Gasteiger partial charge in [0.2, 0.25) is 36.3 Å². The summed E-state index contributed by atoms with van der Waals surface area (Å²) in [5, 5.41) is 21.1. The third-order valence-corrected chi connectivity index (χ3v) is 7.79. The first-order chi connectivity index (χ1) is 15.1. The molecular weight excluding hydrogens is 466 g/mol. The van der Waals surface area contributed by atoms with Gasteiger partial charge in [0.05, 0.1) is 5.69 Å². The number of amides is 1. The highest BCUT2D eigenvalue weighted by Crippen LogP contribution is 2.33. The Labute approximate surface area is 182 Å². The summed E-state index contributed by atoms with van der Waals surface area (Å²) in [5.74, 6) is -1.52. The Bertz CT molecular complexity index is 1270. The molecule has 1 aromatic heterocycles. The third-order valence-electron chi connectivity index (χ3n) is 5.12. The largest absolute Gasteiger partial charge is 0.315 e. The van der Waals surface area contributed by atoms with Gasteiger partial charge in [-0.2, -0.15) is 0 Å². The van der Waals surface area contributed by atoms with Crippen LogP contribution in [0.25, 0.3) is 5.69 Å². The van der Waals surface area contributed by atoms with Crippen molar-refractivity contribution >= 4 is 37.4 Å². The summed E-state index contributed by atoms with van der Waals surface area (Å²) in [4.78, 5) is 24.9. The molecule has 17 heteroatoms. The summed E-state index contributed by atoms with van der Waals surface area (Å²) in [7, 11) is -9.05. The predicted octanol–water partition coefficient (Wildman–Crippen LogP) is -3.54. The summed E-state index contributed by atoms with van der Waals surface area (Å²) >= 11 is 0. The Morgan fingerprint density at radius 1 is 1.22 bits per heavy atom. The van der Waals surface area contributed by atoms with Gasteiger partial charge < -0.3 is 10.2 Å². The first-order valence-electron chi connectivity index (χ1n) is 9.53. The molecule has 2 aliphatic rings. The Kier molecular flexibility index (Phi) is 5.76. The van der Waals surface area contributed by atoms with E-state index in [1.807, 2.05) is 0 Å². The van der Waals surface area contributed by atoms with Crippen LogP contribution in [0, 0.1) is 0 Å². The van der Waals surface area contributed by atoms with Gasteiger partial charge in [-0.25, -0.2) is 26.7 Å². The van der Waals surface area contributed by atoms with Crippen molar-refractivity contribution in [2.24, 2.45) is 5.14 Å². The lowest BCUT2D eigenvalue weighted by Crippen LogP contribution is -2.47. The second kappa shape index (κ2) is 8.24. The predicted molar refractivity (Wildman–Crippen MR) is 105 cm³/mol. The number of carbonyl (C=O) groups is 2. The molecule has 0 bridgehead atoms. The monoisotopic (exact) mass is 486 g/mol. The summed E-state index contributed by atoms with van der Waals surface area (Å²) < 4.78 is 54.0. The van der Waals surface area contributed by atoms with Crippen molar-refractivity contribution in [3.63, 3.8) is 0 Å². The molecule has 2 fully saturated rings. The normalized spacial score (nSPS) is 20.2. The summed E-state index contributed by atoms with van der Waals surface area (Å²) in [6, 6.07) is 1.80. The van der Waals surface area contributed by atoms with E-state index in [9.17, 15) is 26.4 Å². The molecule has 0 aliphatic carbocycles. The number of rotatable bonds is 6. The Morgan fingerprint density at radius 3 is 2.62 bits per heavy atom. The number of hydrogen-bond donors (Lipinski definition) is 4. The number of nitrogens with one attached hydrogen (secondary N) is 3. The zero-order valence-electron chi connectivity index (χ0n) is 16.6. The number of piperidine rings is 1. The fourth-order valence-electron chi connectivity index (χ4n) is 3.71.